The molecule has 0 saturated heterocycles. The smallest absolute Gasteiger partial charge is 0.407 e. The molecule has 0 aromatic rings. The highest BCUT2D eigenvalue weighted by atomic mass is 16.6. The van der Waals surface area contributed by atoms with E-state index >= 15 is 0 Å². The fraction of sp³-hybridized carbons (Fsp3) is 0.811. The first kappa shape index (κ1) is 39.5. The van der Waals surface area contributed by atoms with Crippen molar-refractivity contribution >= 4 is 6.09 Å². The Morgan fingerprint density at radius 3 is 1.39 bits per heavy atom. The Balaban J connectivity index is 5.11. The van der Waals surface area contributed by atoms with Crippen molar-refractivity contribution in [2.75, 3.05) is 27.2 Å². The van der Waals surface area contributed by atoms with Crippen molar-refractivity contribution in [3.8, 4) is 0 Å². The SMILES string of the molecule is CCCCC/C=C\CCCC(CCC/C=C\CCCCC)C(CCC/C=C\CCCCC)OC(=O)NCCN(C)C. The van der Waals surface area contributed by atoms with Gasteiger partial charge >= 0.3 is 6.09 Å². The Hall–Kier alpha value is -1.55. The van der Waals surface area contributed by atoms with Crippen molar-refractivity contribution in [1.29, 1.82) is 0 Å². The Morgan fingerprint density at radius 1 is 0.610 bits per heavy atom. The summed E-state index contributed by atoms with van der Waals surface area (Å²) in [5.41, 5.74) is 0. The van der Waals surface area contributed by atoms with Crippen LogP contribution in [0.4, 0.5) is 4.79 Å². The summed E-state index contributed by atoms with van der Waals surface area (Å²) >= 11 is 0. The normalized spacial score (nSPS) is 13.0. The average molecular weight is 575 g/mol. The lowest BCUT2D eigenvalue weighted by Gasteiger charge is -2.27. The largest absolute Gasteiger partial charge is 0.446 e. The lowest BCUT2D eigenvalue weighted by atomic mass is 9.87. The third kappa shape index (κ3) is 28.3. The van der Waals surface area contributed by atoms with Crippen LogP contribution in [-0.4, -0.2) is 44.3 Å². The average Bonchev–Trinajstić information content (AvgIpc) is 2.95. The van der Waals surface area contributed by atoms with Gasteiger partial charge in [-0.05, 0) is 116 Å². The number of carbonyl (C=O) groups excluding carboxylic acids is 1. The van der Waals surface area contributed by atoms with Crippen LogP contribution >= 0.6 is 0 Å². The Bertz CT molecular complexity index is 615. The van der Waals surface area contributed by atoms with Crippen molar-refractivity contribution in [3.63, 3.8) is 0 Å². The first-order chi connectivity index (χ1) is 20.0. The van der Waals surface area contributed by atoms with Crippen LogP contribution in [0, 0.1) is 5.92 Å². The number of likely N-dealkylation sites (N-methyl/N-ethyl adjacent to an activating group) is 1. The zero-order valence-electron chi connectivity index (χ0n) is 28.1. The molecular formula is C37H70N2O2. The molecule has 0 saturated carbocycles. The molecule has 0 aliphatic carbocycles. The molecule has 1 amide bonds. The number of ether oxygens (including phenoxy) is 1. The zero-order chi connectivity index (χ0) is 30.2. The molecule has 4 nitrogen and oxygen atoms in total. The zero-order valence-corrected chi connectivity index (χ0v) is 28.1. The van der Waals surface area contributed by atoms with E-state index in [0.29, 0.717) is 12.5 Å². The minimum atomic E-state index is -0.247. The van der Waals surface area contributed by atoms with Crippen LogP contribution in [0.3, 0.4) is 0 Å². The Kier molecular flexibility index (Phi) is 30.2. The van der Waals surface area contributed by atoms with E-state index in [0.717, 1.165) is 51.5 Å². The van der Waals surface area contributed by atoms with Gasteiger partial charge in [-0.15, -0.1) is 0 Å². The summed E-state index contributed by atoms with van der Waals surface area (Å²) in [7, 11) is 4.05. The summed E-state index contributed by atoms with van der Waals surface area (Å²) in [6, 6.07) is 0. The molecule has 0 rings (SSSR count). The van der Waals surface area contributed by atoms with E-state index in [9.17, 15) is 4.79 Å². The van der Waals surface area contributed by atoms with Gasteiger partial charge in [-0.3, -0.25) is 0 Å². The highest BCUT2D eigenvalue weighted by molar-refractivity contribution is 5.67. The number of unbranched alkanes of at least 4 members (excludes halogenated alkanes) is 12. The second-order valence-electron chi connectivity index (χ2n) is 12.1. The monoisotopic (exact) mass is 575 g/mol. The highest BCUT2D eigenvalue weighted by Crippen LogP contribution is 2.27. The third-order valence-electron chi connectivity index (χ3n) is 7.79. The number of nitrogens with one attached hydrogen (secondary N) is 1. The van der Waals surface area contributed by atoms with E-state index in [2.05, 4.69) is 67.4 Å². The molecule has 0 spiro atoms. The number of rotatable bonds is 29. The minimum absolute atomic E-state index is 0.00934. The topological polar surface area (TPSA) is 41.6 Å². The van der Waals surface area contributed by atoms with Gasteiger partial charge in [0.05, 0.1) is 0 Å². The van der Waals surface area contributed by atoms with Crippen LogP contribution < -0.4 is 5.32 Å². The van der Waals surface area contributed by atoms with Crippen LogP contribution in [0.5, 0.6) is 0 Å². The van der Waals surface area contributed by atoms with E-state index in [1.165, 1.54) is 89.9 Å². The van der Waals surface area contributed by atoms with Crippen molar-refractivity contribution in [2.24, 2.45) is 5.92 Å². The predicted octanol–water partition coefficient (Wildman–Crippen LogP) is 11.2. The van der Waals surface area contributed by atoms with Crippen LogP contribution in [-0.2, 0) is 4.74 Å². The van der Waals surface area contributed by atoms with E-state index in [1.807, 2.05) is 14.1 Å². The van der Waals surface area contributed by atoms with Gasteiger partial charge in [0.25, 0.3) is 0 Å². The fourth-order valence-corrected chi connectivity index (χ4v) is 5.14. The molecule has 4 heteroatoms. The van der Waals surface area contributed by atoms with E-state index < -0.39 is 0 Å². The summed E-state index contributed by atoms with van der Waals surface area (Å²) in [4.78, 5) is 14.9. The van der Waals surface area contributed by atoms with Gasteiger partial charge in [-0.25, -0.2) is 4.79 Å². The molecule has 0 aromatic heterocycles. The summed E-state index contributed by atoms with van der Waals surface area (Å²) < 4.78 is 6.17. The molecule has 0 radical (unpaired) electrons. The number of alkyl carbamates (subject to hydrolysis) is 1. The Morgan fingerprint density at radius 2 is 1.00 bits per heavy atom. The van der Waals surface area contributed by atoms with Gasteiger partial charge in [0.2, 0.25) is 0 Å². The summed E-state index contributed by atoms with van der Waals surface area (Å²) in [6.45, 7) is 8.22. The minimum Gasteiger partial charge on any atom is -0.446 e. The van der Waals surface area contributed by atoms with Gasteiger partial charge in [0.1, 0.15) is 6.10 Å². The maximum absolute atomic E-state index is 12.8. The van der Waals surface area contributed by atoms with E-state index in [1.54, 1.807) is 0 Å². The quantitative estimate of drug-likeness (QED) is 0.0713. The van der Waals surface area contributed by atoms with Gasteiger partial charge in [-0.1, -0.05) is 95.8 Å². The number of carbonyl (C=O) groups is 1. The maximum Gasteiger partial charge on any atom is 0.407 e. The standard InChI is InChI=1S/C37H70N2O2/c1-6-9-12-15-18-21-24-27-30-35(31-28-25-22-19-16-13-10-7-2)36(41-37(40)38-33-34-39(4)5)32-29-26-23-20-17-14-11-8-3/h18-23,35-36H,6-17,24-34H2,1-5H3,(H,38,40)/b21-18-,22-19-,23-20-. The second-order valence-corrected chi connectivity index (χ2v) is 12.1. The first-order valence-electron chi connectivity index (χ1n) is 17.6. The van der Waals surface area contributed by atoms with Crippen LogP contribution in [0.2, 0.25) is 0 Å². The molecule has 0 aromatic carbocycles. The van der Waals surface area contributed by atoms with E-state index in [4.69, 9.17) is 4.74 Å². The lowest BCUT2D eigenvalue weighted by Crippen LogP contribution is -2.36. The second kappa shape index (κ2) is 31.4. The number of allylic oxidation sites excluding steroid dienone is 6. The van der Waals surface area contributed by atoms with Crippen LogP contribution in [0.15, 0.2) is 36.5 Å². The molecule has 1 unspecified atom stereocenters. The van der Waals surface area contributed by atoms with Crippen molar-refractivity contribution in [1.82, 2.24) is 10.2 Å². The summed E-state index contributed by atoms with van der Waals surface area (Å²) in [5, 5.41) is 2.99. The molecule has 240 valence electrons. The molecule has 41 heavy (non-hydrogen) atoms. The number of hydrogen-bond donors (Lipinski definition) is 1. The Labute approximate surface area is 256 Å². The molecule has 0 bridgehead atoms. The molecule has 0 fully saturated rings. The number of nitrogens with zero attached hydrogens (tertiary/aromatic N) is 1. The molecular weight excluding hydrogens is 504 g/mol. The summed E-state index contributed by atoms with van der Waals surface area (Å²) in [5.74, 6) is 0.421. The van der Waals surface area contributed by atoms with Gasteiger partial charge < -0.3 is 15.0 Å². The molecule has 1 N–H and O–H groups in total. The number of hydrogen-bond acceptors (Lipinski definition) is 3. The van der Waals surface area contributed by atoms with Gasteiger partial charge in [0, 0.05) is 13.1 Å². The highest BCUT2D eigenvalue weighted by Gasteiger charge is 2.24. The van der Waals surface area contributed by atoms with Crippen molar-refractivity contribution in [3.05, 3.63) is 36.5 Å². The fourth-order valence-electron chi connectivity index (χ4n) is 5.14. The van der Waals surface area contributed by atoms with Gasteiger partial charge in [0.15, 0.2) is 0 Å². The number of amides is 1. The third-order valence-corrected chi connectivity index (χ3v) is 7.79. The van der Waals surface area contributed by atoms with Crippen LogP contribution in [0.1, 0.15) is 156 Å². The maximum atomic E-state index is 12.8. The molecule has 0 aliphatic heterocycles. The van der Waals surface area contributed by atoms with E-state index in [-0.39, 0.29) is 12.2 Å². The molecule has 0 aliphatic rings. The molecule has 0 heterocycles. The van der Waals surface area contributed by atoms with Crippen molar-refractivity contribution < 1.29 is 9.53 Å². The van der Waals surface area contributed by atoms with Gasteiger partial charge in [-0.2, -0.15) is 0 Å². The summed E-state index contributed by atoms with van der Waals surface area (Å²) in [6.07, 6.45) is 39.1. The first-order valence-corrected chi connectivity index (χ1v) is 17.6. The molecule has 1 atom stereocenters. The lowest BCUT2D eigenvalue weighted by molar-refractivity contribution is 0.0473. The van der Waals surface area contributed by atoms with Crippen molar-refractivity contribution in [2.45, 2.75) is 162 Å². The predicted molar refractivity (Wildman–Crippen MR) is 182 cm³/mol. The van der Waals surface area contributed by atoms with Crippen LogP contribution in [0.25, 0.3) is 0 Å².